The van der Waals surface area contributed by atoms with Gasteiger partial charge in [0.15, 0.2) is 0 Å². The predicted molar refractivity (Wildman–Crippen MR) is 25.2 cm³/mol. The highest BCUT2D eigenvalue weighted by Gasteiger charge is 2.62. The van der Waals surface area contributed by atoms with E-state index in [9.17, 15) is 30.4 Å². The Hall–Kier alpha value is -0.480. The Kier molecular flexibility index (Phi) is 2.67. The first-order valence-electron chi connectivity index (χ1n) is 2.13. The molecular formula is C2H2F5NO3S. The normalized spacial score (nSPS) is 14.8. The van der Waals surface area contributed by atoms with Crippen molar-refractivity contribution in [1.29, 1.82) is 0 Å². The highest BCUT2D eigenvalue weighted by atomic mass is 32.2. The monoisotopic (exact) mass is 215 g/mol. The van der Waals surface area contributed by atoms with E-state index in [0.717, 1.165) is 0 Å². The van der Waals surface area contributed by atoms with E-state index in [1.807, 2.05) is 0 Å². The molecule has 0 aromatic rings. The first-order chi connectivity index (χ1) is 4.96. The van der Waals surface area contributed by atoms with Gasteiger partial charge in [-0.2, -0.15) is 34.6 Å². The van der Waals surface area contributed by atoms with Crippen LogP contribution in [0.2, 0.25) is 0 Å². The van der Waals surface area contributed by atoms with E-state index in [0.29, 0.717) is 0 Å². The summed E-state index contributed by atoms with van der Waals surface area (Å²) in [6, 6.07) is 0. The van der Waals surface area contributed by atoms with Crippen LogP contribution < -0.4 is 5.14 Å². The summed E-state index contributed by atoms with van der Waals surface area (Å²) in [5, 5.41) is 3.79. The van der Waals surface area contributed by atoms with Gasteiger partial charge in [-0.15, -0.1) is 0 Å². The molecule has 0 amide bonds. The summed E-state index contributed by atoms with van der Waals surface area (Å²) >= 11 is 0. The fourth-order valence-electron chi connectivity index (χ4n) is 0.193. The topological polar surface area (TPSA) is 69.4 Å². The Balaban J connectivity index is 4.67. The maximum atomic E-state index is 11.6. The molecule has 0 atom stereocenters. The molecule has 0 aromatic heterocycles. The van der Waals surface area contributed by atoms with Gasteiger partial charge in [0, 0.05) is 0 Å². The second-order valence-electron chi connectivity index (χ2n) is 1.59. The van der Waals surface area contributed by atoms with Crippen molar-refractivity contribution in [3.05, 3.63) is 0 Å². The van der Waals surface area contributed by atoms with Crippen molar-refractivity contribution >= 4 is 10.3 Å². The van der Waals surface area contributed by atoms with Crippen LogP contribution in [0.1, 0.15) is 0 Å². The number of rotatable bonds is 2. The third-order valence-electron chi connectivity index (χ3n) is 0.551. The second-order valence-corrected chi connectivity index (χ2v) is 2.74. The van der Waals surface area contributed by atoms with Crippen LogP contribution in [-0.4, -0.2) is 20.7 Å². The van der Waals surface area contributed by atoms with E-state index in [1.54, 1.807) is 0 Å². The summed E-state index contributed by atoms with van der Waals surface area (Å²) in [6.07, 6.45) is -11.9. The number of hydrogen-bond donors (Lipinski definition) is 1. The van der Waals surface area contributed by atoms with Crippen LogP contribution in [-0.2, 0) is 14.5 Å². The van der Waals surface area contributed by atoms with Crippen molar-refractivity contribution in [1.82, 2.24) is 0 Å². The molecule has 0 radical (unpaired) electrons. The predicted octanol–water partition coefficient (Wildman–Crippen LogP) is 0.362. The molecule has 0 unspecified atom stereocenters. The smallest absolute Gasteiger partial charge is 0.205 e. The molecular weight excluding hydrogens is 213 g/mol. The van der Waals surface area contributed by atoms with Crippen LogP contribution in [0.15, 0.2) is 0 Å². The molecule has 0 aliphatic heterocycles. The Bertz CT molecular complexity index is 254. The molecule has 12 heavy (non-hydrogen) atoms. The molecule has 0 saturated heterocycles. The van der Waals surface area contributed by atoms with E-state index in [2.05, 4.69) is 9.32 Å². The van der Waals surface area contributed by atoms with Crippen LogP contribution in [0.3, 0.4) is 0 Å². The zero-order valence-corrected chi connectivity index (χ0v) is 5.92. The zero-order valence-electron chi connectivity index (χ0n) is 5.10. The SMILES string of the molecule is NS(=O)(=O)OC(F)(F)C(F)(F)F. The molecule has 0 spiro atoms. The summed E-state index contributed by atoms with van der Waals surface area (Å²) in [6.45, 7) is 0. The Morgan fingerprint density at radius 3 is 1.50 bits per heavy atom. The highest BCUT2D eigenvalue weighted by Crippen LogP contribution is 2.36. The van der Waals surface area contributed by atoms with Crippen LogP contribution in [0.25, 0.3) is 0 Å². The molecule has 74 valence electrons. The summed E-state index contributed by atoms with van der Waals surface area (Å²) in [7, 11) is -5.33. The summed E-state index contributed by atoms with van der Waals surface area (Å²) in [5.74, 6) is 0. The van der Waals surface area contributed by atoms with Crippen LogP contribution in [0.5, 0.6) is 0 Å². The van der Waals surface area contributed by atoms with E-state index >= 15 is 0 Å². The molecule has 0 rings (SSSR count). The van der Waals surface area contributed by atoms with Crippen molar-refractivity contribution in [3.63, 3.8) is 0 Å². The van der Waals surface area contributed by atoms with Gasteiger partial charge in [-0.3, -0.25) is 0 Å². The fourth-order valence-corrected chi connectivity index (χ4v) is 0.579. The van der Waals surface area contributed by atoms with Crippen LogP contribution in [0.4, 0.5) is 22.0 Å². The Labute approximate surface area is 63.4 Å². The van der Waals surface area contributed by atoms with E-state index in [1.165, 1.54) is 0 Å². The van der Waals surface area contributed by atoms with Crippen molar-refractivity contribution in [2.45, 2.75) is 12.3 Å². The molecule has 2 N–H and O–H groups in total. The molecule has 0 heterocycles. The van der Waals surface area contributed by atoms with Crippen molar-refractivity contribution in [3.8, 4) is 0 Å². The van der Waals surface area contributed by atoms with E-state index < -0.39 is 22.6 Å². The summed E-state index contributed by atoms with van der Waals surface area (Å²) in [4.78, 5) is 0. The molecule has 0 fully saturated rings. The zero-order chi connectivity index (χ0) is 10.2. The average molecular weight is 215 g/mol. The maximum Gasteiger partial charge on any atom is 0.484 e. The van der Waals surface area contributed by atoms with Crippen LogP contribution >= 0.6 is 0 Å². The van der Waals surface area contributed by atoms with Gasteiger partial charge >= 0.3 is 22.6 Å². The van der Waals surface area contributed by atoms with Gasteiger partial charge in [-0.25, -0.2) is 5.14 Å². The van der Waals surface area contributed by atoms with Gasteiger partial charge in [-0.05, 0) is 0 Å². The molecule has 4 nitrogen and oxygen atoms in total. The lowest BCUT2D eigenvalue weighted by Crippen LogP contribution is -2.42. The van der Waals surface area contributed by atoms with Gasteiger partial charge < -0.3 is 0 Å². The van der Waals surface area contributed by atoms with Crippen molar-refractivity contribution < 1.29 is 34.6 Å². The van der Waals surface area contributed by atoms with Gasteiger partial charge in [-0.1, -0.05) is 0 Å². The standard InChI is InChI=1S/C2H2F5NO3S/c3-1(4,5)2(6,7)11-12(8,9)10/h(H2,8,9,10). The summed E-state index contributed by atoms with van der Waals surface area (Å²) in [5.41, 5.74) is 0. The minimum Gasteiger partial charge on any atom is -0.205 e. The summed E-state index contributed by atoms with van der Waals surface area (Å²) < 4.78 is 78.4. The number of hydrogen-bond acceptors (Lipinski definition) is 3. The number of nitrogens with two attached hydrogens (primary N) is 1. The Morgan fingerprint density at radius 2 is 1.42 bits per heavy atom. The Morgan fingerprint density at radius 1 is 1.08 bits per heavy atom. The third-order valence-corrected chi connectivity index (χ3v) is 0.992. The van der Waals surface area contributed by atoms with E-state index in [-0.39, 0.29) is 0 Å². The lowest BCUT2D eigenvalue weighted by molar-refractivity contribution is -0.359. The quantitative estimate of drug-likeness (QED) is 0.676. The lowest BCUT2D eigenvalue weighted by Gasteiger charge is -2.16. The van der Waals surface area contributed by atoms with Gasteiger partial charge in [0.25, 0.3) is 0 Å². The minimum absolute atomic E-state index is 2.28. The highest BCUT2D eigenvalue weighted by molar-refractivity contribution is 7.84. The van der Waals surface area contributed by atoms with Gasteiger partial charge in [0.2, 0.25) is 0 Å². The lowest BCUT2D eigenvalue weighted by atomic mass is 10.6. The maximum absolute atomic E-state index is 11.6. The second kappa shape index (κ2) is 2.78. The molecule has 0 bridgehead atoms. The first-order valence-corrected chi connectivity index (χ1v) is 3.61. The van der Waals surface area contributed by atoms with Crippen LogP contribution in [0, 0.1) is 0 Å². The molecule has 10 heteroatoms. The molecule has 0 saturated carbocycles. The molecule has 0 aliphatic rings. The largest absolute Gasteiger partial charge is 0.484 e. The van der Waals surface area contributed by atoms with Gasteiger partial charge in [0.05, 0.1) is 0 Å². The van der Waals surface area contributed by atoms with Crippen molar-refractivity contribution in [2.24, 2.45) is 5.14 Å². The first kappa shape index (κ1) is 11.5. The fraction of sp³-hybridized carbons (Fsp3) is 1.00. The number of halogens is 5. The van der Waals surface area contributed by atoms with Gasteiger partial charge in [0.1, 0.15) is 0 Å². The third kappa shape index (κ3) is 3.28. The molecule has 0 aliphatic carbocycles. The minimum atomic E-state index is -6.11. The average Bonchev–Trinajstić information content (AvgIpc) is 1.52. The van der Waals surface area contributed by atoms with Crippen molar-refractivity contribution in [2.75, 3.05) is 0 Å². The number of alkyl halides is 5. The molecule has 0 aromatic carbocycles. The van der Waals surface area contributed by atoms with E-state index in [4.69, 9.17) is 0 Å².